The van der Waals surface area contributed by atoms with Gasteiger partial charge in [-0.25, -0.2) is 0 Å². The van der Waals surface area contributed by atoms with Gasteiger partial charge in [0.1, 0.15) is 0 Å². The van der Waals surface area contributed by atoms with Crippen molar-refractivity contribution in [3.63, 3.8) is 0 Å². The first kappa shape index (κ1) is 22.2. The van der Waals surface area contributed by atoms with Gasteiger partial charge in [0, 0.05) is 19.2 Å². The van der Waals surface area contributed by atoms with Gasteiger partial charge < -0.3 is 15.8 Å². The van der Waals surface area contributed by atoms with Crippen molar-refractivity contribution >= 4 is 18.3 Å². The number of rotatable bonds is 8. The van der Waals surface area contributed by atoms with Crippen molar-refractivity contribution in [2.45, 2.75) is 38.8 Å². The van der Waals surface area contributed by atoms with E-state index in [1.165, 1.54) is 5.56 Å². The number of ether oxygens (including phenoxy) is 1. The lowest BCUT2D eigenvalue weighted by molar-refractivity contribution is -0.133. The molecule has 2 unspecified atom stereocenters. The highest BCUT2D eigenvalue weighted by Gasteiger charge is 2.21. The standard InChI is InChI=1S/C21H28N2O2.ClH/c1-4-25-20(18-8-6-5-7-9-18)21(24)23-14-19(22)17-12-10-16(11-13-17)15(2)3;/h5-13,15,19-20H,4,14,22H2,1-3H3,(H,23,24);1H. The molecule has 5 heteroatoms. The molecule has 26 heavy (non-hydrogen) atoms. The van der Waals surface area contributed by atoms with Gasteiger partial charge in [-0.3, -0.25) is 4.79 Å². The zero-order chi connectivity index (χ0) is 18.2. The van der Waals surface area contributed by atoms with Crippen molar-refractivity contribution in [1.29, 1.82) is 0 Å². The van der Waals surface area contributed by atoms with Crippen LogP contribution in [0.5, 0.6) is 0 Å². The topological polar surface area (TPSA) is 64.3 Å². The SMILES string of the molecule is CCOC(C(=O)NCC(N)c1ccc(C(C)C)cc1)c1ccccc1.Cl. The van der Waals surface area contributed by atoms with Crippen molar-refractivity contribution in [3.05, 3.63) is 71.3 Å². The molecule has 0 radical (unpaired) electrons. The summed E-state index contributed by atoms with van der Waals surface area (Å²) in [6, 6.07) is 17.5. The average molecular weight is 377 g/mol. The maximum atomic E-state index is 12.5. The lowest BCUT2D eigenvalue weighted by Gasteiger charge is -2.19. The third kappa shape index (κ3) is 6.13. The van der Waals surface area contributed by atoms with Crippen LogP contribution < -0.4 is 11.1 Å². The van der Waals surface area contributed by atoms with Crippen molar-refractivity contribution in [2.24, 2.45) is 5.73 Å². The molecule has 2 aromatic carbocycles. The summed E-state index contributed by atoms with van der Waals surface area (Å²) in [5.74, 6) is 0.324. The lowest BCUT2D eigenvalue weighted by atomic mass is 9.99. The molecule has 0 spiro atoms. The number of hydrogen-bond donors (Lipinski definition) is 2. The predicted molar refractivity (Wildman–Crippen MR) is 109 cm³/mol. The number of carbonyl (C=O) groups excluding carboxylic acids is 1. The summed E-state index contributed by atoms with van der Waals surface area (Å²) < 4.78 is 5.62. The molecule has 2 rings (SSSR count). The Bertz CT molecular complexity index is 659. The molecule has 0 bridgehead atoms. The van der Waals surface area contributed by atoms with Crippen LogP contribution in [-0.2, 0) is 9.53 Å². The molecule has 0 fully saturated rings. The van der Waals surface area contributed by atoms with Crippen LogP contribution in [0, 0.1) is 0 Å². The number of carbonyl (C=O) groups is 1. The highest BCUT2D eigenvalue weighted by Crippen LogP contribution is 2.19. The van der Waals surface area contributed by atoms with Gasteiger partial charge in [0.05, 0.1) is 0 Å². The monoisotopic (exact) mass is 376 g/mol. The average Bonchev–Trinajstić information content (AvgIpc) is 2.64. The Kier molecular flexibility index (Phi) is 9.35. The number of nitrogens with one attached hydrogen (secondary N) is 1. The number of amides is 1. The summed E-state index contributed by atoms with van der Waals surface area (Å²) in [6.07, 6.45) is -0.610. The number of nitrogens with two attached hydrogens (primary N) is 1. The maximum Gasteiger partial charge on any atom is 0.253 e. The fourth-order valence-electron chi connectivity index (χ4n) is 2.67. The molecule has 0 saturated carbocycles. The molecule has 0 aliphatic carbocycles. The third-order valence-electron chi connectivity index (χ3n) is 4.20. The lowest BCUT2D eigenvalue weighted by Crippen LogP contribution is -2.36. The second kappa shape index (κ2) is 11.0. The second-order valence-electron chi connectivity index (χ2n) is 6.42. The minimum atomic E-state index is -0.610. The van der Waals surface area contributed by atoms with Gasteiger partial charge in [0.2, 0.25) is 0 Å². The van der Waals surface area contributed by atoms with Crippen molar-refractivity contribution in [1.82, 2.24) is 5.32 Å². The molecular formula is C21H29ClN2O2. The first-order valence-corrected chi connectivity index (χ1v) is 8.82. The molecule has 0 aliphatic rings. The van der Waals surface area contributed by atoms with E-state index in [9.17, 15) is 4.79 Å². The smallest absolute Gasteiger partial charge is 0.253 e. The van der Waals surface area contributed by atoms with Gasteiger partial charge in [0.25, 0.3) is 5.91 Å². The maximum absolute atomic E-state index is 12.5. The highest BCUT2D eigenvalue weighted by atomic mass is 35.5. The molecule has 0 saturated heterocycles. The predicted octanol–water partition coefficient (Wildman–Crippen LogP) is 4.13. The highest BCUT2D eigenvalue weighted by molar-refractivity contribution is 5.85. The fourth-order valence-corrected chi connectivity index (χ4v) is 2.67. The molecular weight excluding hydrogens is 348 g/mol. The van der Waals surface area contributed by atoms with Crippen LogP contribution in [0.2, 0.25) is 0 Å². The summed E-state index contributed by atoms with van der Waals surface area (Å²) in [5.41, 5.74) is 9.36. The first-order chi connectivity index (χ1) is 12.0. The van der Waals surface area contributed by atoms with Gasteiger partial charge in [-0.2, -0.15) is 0 Å². The Morgan fingerprint density at radius 3 is 2.12 bits per heavy atom. The van der Waals surface area contributed by atoms with E-state index >= 15 is 0 Å². The van der Waals surface area contributed by atoms with Crippen LogP contribution in [-0.4, -0.2) is 19.1 Å². The molecule has 0 heterocycles. The quantitative estimate of drug-likeness (QED) is 0.728. The van der Waals surface area contributed by atoms with Crippen LogP contribution in [0.25, 0.3) is 0 Å². The largest absolute Gasteiger partial charge is 0.364 e. The summed E-state index contributed by atoms with van der Waals surface area (Å²) in [7, 11) is 0. The molecule has 142 valence electrons. The zero-order valence-corrected chi connectivity index (χ0v) is 16.5. The second-order valence-corrected chi connectivity index (χ2v) is 6.42. The molecule has 3 N–H and O–H groups in total. The van der Waals surface area contributed by atoms with E-state index in [1.807, 2.05) is 49.4 Å². The fraction of sp³-hybridized carbons (Fsp3) is 0.381. The van der Waals surface area contributed by atoms with Crippen molar-refractivity contribution in [3.8, 4) is 0 Å². The van der Waals surface area contributed by atoms with E-state index < -0.39 is 6.10 Å². The number of halogens is 1. The Morgan fingerprint density at radius 1 is 1.00 bits per heavy atom. The van der Waals surface area contributed by atoms with E-state index in [0.29, 0.717) is 19.1 Å². The van der Waals surface area contributed by atoms with Gasteiger partial charge >= 0.3 is 0 Å². The van der Waals surface area contributed by atoms with E-state index in [0.717, 1.165) is 11.1 Å². The van der Waals surface area contributed by atoms with Crippen LogP contribution in [0.15, 0.2) is 54.6 Å². The normalized spacial score (nSPS) is 13.0. The van der Waals surface area contributed by atoms with Crippen LogP contribution in [0.4, 0.5) is 0 Å². The van der Waals surface area contributed by atoms with Crippen molar-refractivity contribution in [2.75, 3.05) is 13.2 Å². The molecule has 2 aromatic rings. The first-order valence-electron chi connectivity index (χ1n) is 8.82. The van der Waals surface area contributed by atoms with Crippen molar-refractivity contribution < 1.29 is 9.53 Å². The van der Waals surface area contributed by atoms with E-state index in [2.05, 4.69) is 31.3 Å². The summed E-state index contributed by atoms with van der Waals surface area (Å²) >= 11 is 0. The van der Waals surface area contributed by atoms with Gasteiger partial charge in [-0.15, -0.1) is 12.4 Å². The van der Waals surface area contributed by atoms with Gasteiger partial charge in [0.15, 0.2) is 6.10 Å². The Morgan fingerprint density at radius 2 is 1.58 bits per heavy atom. The van der Waals surface area contributed by atoms with E-state index in [4.69, 9.17) is 10.5 Å². The molecule has 2 atom stereocenters. The minimum absolute atomic E-state index is 0. The molecule has 4 nitrogen and oxygen atoms in total. The summed E-state index contributed by atoms with van der Waals surface area (Å²) in [6.45, 7) is 7.04. The van der Waals surface area contributed by atoms with Crippen LogP contribution >= 0.6 is 12.4 Å². The molecule has 0 aromatic heterocycles. The molecule has 0 aliphatic heterocycles. The van der Waals surface area contributed by atoms with Gasteiger partial charge in [-0.1, -0.05) is 68.4 Å². The van der Waals surface area contributed by atoms with Gasteiger partial charge in [-0.05, 0) is 29.5 Å². The van der Waals surface area contributed by atoms with Crippen LogP contribution in [0.3, 0.4) is 0 Å². The molecule has 1 amide bonds. The van der Waals surface area contributed by atoms with Crippen LogP contribution in [0.1, 0.15) is 55.5 Å². The Labute approximate surface area is 162 Å². The van der Waals surface area contributed by atoms with E-state index in [1.54, 1.807) is 0 Å². The minimum Gasteiger partial charge on any atom is -0.364 e. The third-order valence-corrected chi connectivity index (χ3v) is 4.20. The summed E-state index contributed by atoms with van der Waals surface area (Å²) in [4.78, 5) is 12.5. The Balaban J connectivity index is 0.00000338. The summed E-state index contributed by atoms with van der Waals surface area (Å²) in [5, 5.41) is 2.91. The number of benzene rings is 2. The number of hydrogen-bond acceptors (Lipinski definition) is 3. The zero-order valence-electron chi connectivity index (χ0n) is 15.6. The van der Waals surface area contributed by atoms with E-state index in [-0.39, 0.29) is 24.4 Å². The Hall–Kier alpha value is -1.88.